The molecule has 2 fully saturated rings. The molecule has 2 aliphatic heterocycles. The lowest BCUT2D eigenvalue weighted by Gasteiger charge is -2.47. The van der Waals surface area contributed by atoms with E-state index in [9.17, 15) is 5.11 Å². The number of rotatable bonds is 3. The Hall–Kier alpha value is -0.160. The molecular formula is C10H19NO3. The van der Waals surface area contributed by atoms with Crippen molar-refractivity contribution >= 4 is 0 Å². The third kappa shape index (κ3) is 2.08. The van der Waals surface area contributed by atoms with Crippen LogP contribution in [-0.4, -0.2) is 61.7 Å². The second kappa shape index (κ2) is 4.57. The molecule has 4 heteroatoms. The Balaban J connectivity index is 1.94. The fourth-order valence-electron chi connectivity index (χ4n) is 2.52. The summed E-state index contributed by atoms with van der Waals surface area (Å²) in [6.45, 7) is 3.25. The van der Waals surface area contributed by atoms with Crippen LogP contribution >= 0.6 is 0 Å². The Morgan fingerprint density at radius 3 is 2.57 bits per heavy atom. The number of fused-ring (bicyclic) bond motifs is 2. The van der Waals surface area contributed by atoms with Gasteiger partial charge in [0.05, 0.1) is 25.9 Å². The van der Waals surface area contributed by atoms with Crippen molar-refractivity contribution in [1.82, 2.24) is 4.90 Å². The zero-order valence-corrected chi connectivity index (χ0v) is 8.69. The summed E-state index contributed by atoms with van der Waals surface area (Å²) in [5.74, 6) is 0. The number of aliphatic hydroxyl groups excluding tert-OH is 1. The second-order valence-corrected chi connectivity index (χ2v) is 4.20. The lowest BCUT2D eigenvalue weighted by Crippen LogP contribution is -2.58. The Morgan fingerprint density at radius 2 is 2.00 bits per heavy atom. The first-order chi connectivity index (χ1) is 6.81. The molecule has 1 N–H and O–H groups in total. The van der Waals surface area contributed by atoms with E-state index in [4.69, 9.17) is 9.47 Å². The smallest absolute Gasteiger partial charge is 0.0623 e. The van der Waals surface area contributed by atoms with Crippen molar-refractivity contribution in [3.8, 4) is 0 Å². The molecule has 0 aromatic rings. The van der Waals surface area contributed by atoms with E-state index in [0.29, 0.717) is 12.1 Å². The third-order valence-corrected chi connectivity index (χ3v) is 3.20. The predicted octanol–water partition coefficient (Wildman–Crippen LogP) is -0.143. The Kier molecular flexibility index (Phi) is 3.38. The normalized spacial score (nSPS) is 38.6. The summed E-state index contributed by atoms with van der Waals surface area (Å²) in [7, 11) is 1.73. The summed E-state index contributed by atoms with van der Waals surface area (Å²) in [5.41, 5.74) is 0. The number of methoxy groups -OCH3 is 1. The fraction of sp³-hybridized carbons (Fsp3) is 1.00. The molecule has 0 aromatic carbocycles. The molecule has 0 aromatic heterocycles. The average molecular weight is 201 g/mol. The van der Waals surface area contributed by atoms with Crippen LogP contribution in [0.1, 0.15) is 12.8 Å². The van der Waals surface area contributed by atoms with E-state index in [2.05, 4.69) is 4.90 Å². The number of ether oxygens (including phenoxy) is 2. The van der Waals surface area contributed by atoms with Crippen LogP contribution in [0.4, 0.5) is 0 Å². The molecule has 2 saturated heterocycles. The van der Waals surface area contributed by atoms with Crippen LogP contribution in [0.15, 0.2) is 0 Å². The fourth-order valence-corrected chi connectivity index (χ4v) is 2.52. The molecule has 0 saturated carbocycles. The van der Waals surface area contributed by atoms with E-state index >= 15 is 0 Å². The highest BCUT2D eigenvalue weighted by Gasteiger charge is 2.37. The van der Waals surface area contributed by atoms with Gasteiger partial charge in [-0.25, -0.2) is 0 Å². The molecule has 2 bridgehead atoms. The second-order valence-electron chi connectivity index (χ2n) is 4.20. The minimum atomic E-state index is -0.132. The highest BCUT2D eigenvalue weighted by Crippen LogP contribution is 2.27. The average Bonchev–Trinajstić information content (AvgIpc) is 2.14. The molecule has 4 nitrogen and oxygen atoms in total. The standard InChI is InChI=1S/C10H19NO3/c1-13-3-2-11-8-4-10(12)5-9(11)7-14-6-8/h8-10,12H,2-7H2,1H3. The summed E-state index contributed by atoms with van der Waals surface area (Å²) in [5, 5.41) is 9.64. The molecule has 2 atom stereocenters. The number of aliphatic hydroxyl groups is 1. The summed E-state index contributed by atoms with van der Waals surface area (Å²) in [6.07, 6.45) is 1.56. The van der Waals surface area contributed by atoms with Gasteiger partial charge >= 0.3 is 0 Å². The van der Waals surface area contributed by atoms with E-state index in [0.717, 1.165) is 39.2 Å². The van der Waals surface area contributed by atoms with Crippen LogP contribution in [0, 0.1) is 0 Å². The number of nitrogens with zero attached hydrogens (tertiary/aromatic N) is 1. The number of piperidine rings is 1. The maximum atomic E-state index is 9.64. The van der Waals surface area contributed by atoms with Crippen molar-refractivity contribution in [2.24, 2.45) is 0 Å². The van der Waals surface area contributed by atoms with Gasteiger partial charge in [-0.2, -0.15) is 0 Å². The van der Waals surface area contributed by atoms with Gasteiger partial charge in [0.15, 0.2) is 0 Å². The van der Waals surface area contributed by atoms with Crippen molar-refractivity contribution in [3.05, 3.63) is 0 Å². The molecule has 0 spiro atoms. The molecule has 14 heavy (non-hydrogen) atoms. The van der Waals surface area contributed by atoms with Crippen molar-refractivity contribution in [3.63, 3.8) is 0 Å². The quantitative estimate of drug-likeness (QED) is 0.690. The summed E-state index contributed by atoms with van der Waals surface area (Å²) >= 11 is 0. The van der Waals surface area contributed by atoms with Crippen molar-refractivity contribution in [2.45, 2.75) is 31.0 Å². The van der Waals surface area contributed by atoms with Crippen LogP contribution in [0.25, 0.3) is 0 Å². The molecule has 2 rings (SSSR count). The molecule has 0 amide bonds. The molecule has 2 unspecified atom stereocenters. The molecule has 0 radical (unpaired) electrons. The van der Waals surface area contributed by atoms with E-state index in [1.807, 2.05) is 0 Å². The van der Waals surface area contributed by atoms with E-state index in [1.165, 1.54) is 0 Å². The van der Waals surface area contributed by atoms with E-state index in [1.54, 1.807) is 7.11 Å². The Labute approximate surface area is 84.8 Å². The summed E-state index contributed by atoms with van der Waals surface area (Å²) in [6, 6.07) is 0.792. The molecule has 82 valence electrons. The minimum absolute atomic E-state index is 0.132. The van der Waals surface area contributed by atoms with Gasteiger partial charge in [-0.3, -0.25) is 4.90 Å². The molecular weight excluding hydrogens is 182 g/mol. The van der Waals surface area contributed by atoms with Crippen molar-refractivity contribution < 1.29 is 14.6 Å². The summed E-state index contributed by atoms with van der Waals surface area (Å²) in [4.78, 5) is 2.43. The SMILES string of the molecule is COCCN1C2COCC1CC(O)C2. The highest BCUT2D eigenvalue weighted by atomic mass is 16.5. The van der Waals surface area contributed by atoms with Crippen LogP contribution in [0.2, 0.25) is 0 Å². The topological polar surface area (TPSA) is 41.9 Å². The van der Waals surface area contributed by atoms with E-state index < -0.39 is 0 Å². The van der Waals surface area contributed by atoms with E-state index in [-0.39, 0.29) is 6.10 Å². The van der Waals surface area contributed by atoms with Crippen LogP contribution in [0.3, 0.4) is 0 Å². The Bertz CT molecular complexity index is 174. The lowest BCUT2D eigenvalue weighted by molar-refractivity contribution is -0.109. The monoisotopic (exact) mass is 201 g/mol. The van der Waals surface area contributed by atoms with Gasteiger partial charge in [-0.05, 0) is 12.8 Å². The van der Waals surface area contributed by atoms with Gasteiger partial charge in [0.1, 0.15) is 0 Å². The first-order valence-electron chi connectivity index (χ1n) is 5.31. The predicted molar refractivity (Wildman–Crippen MR) is 52.2 cm³/mol. The largest absolute Gasteiger partial charge is 0.393 e. The van der Waals surface area contributed by atoms with Gasteiger partial charge in [0.2, 0.25) is 0 Å². The van der Waals surface area contributed by atoms with Crippen molar-refractivity contribution in [1.29, 1.82) is 0 Å². The number of hydrogen-bond donors (Lipinski definition) is 1. The lowest BCUT2D eigenvalue weighted by atomic mass is 9.92. The molecule has 2 aliphatic rings. The van der Waals surface area contributed by atoms with Crippen LogP contribution < -0.4 is 0 Å². The first-order valence-corrected chi connectivity index (χ1v) is 5.31. The van der Waals surface area contributed by atoms with Crippen molar-refractivity contribution in [2.75, 3.05) is 33.5 Å². The van der Waals surface area contributed by atoms with Gasteiger partial charge < -0.3 is 14.6 Å². The zero-order chi connectivity index (χ0) is 9.97. The number of morpholine rings is 1. The van der Waals surface area contributed by atoms with Gasteiger partial charge in [-0.1, -0.05) is 0 Å². The highest BCUT2D eigenvalue weighted by molar-refractivity contribution is 4.91. The van der Waals surface area contributed by atoms with Crippen LogP contribution in [-0.2, 0) is 9.47 Å². The maximum absolute atomic E-state index is 9.64. The number of hydrogen-bond acceptors (Lipinski definition) is 4. The molecule has 0 aliphatic carbocycles. The third-order valence-electron chi connectivity index (χ3n) is 3.20. The van der Waals surface area contributed by atoms with Gasteiger partial charge in [0.25, 0.3) is 0 Å². The Morgan fingerprint density at radius 1 is 1.36 bits per heavy atom. The van der Waals surface area contributed by atoms with Gasteiger partial charge in [0, 0.05) is 25.7 Å². The maximum Gasteiger partial charge on any atom is 0.0623 e. The van der Waals surface area contributed by atoms with Crippen LogP contribution in [0.5, 0.6) is 0 Å². The zero-order valence-electron chi connectivity index (χ0n) is 8.69. The minimum Gasteiger partial charge on any atom is -0.393 e. The first kappa shape index (κ1) is 10.4. The summed E-state index contributed by atoms with van der Waals surface area (Å²) < 4.78 is 10.6. The molecule has 2 heterocycles. The van der Waals surface area contributed by atoms with Gasteiger partial charge in [-0.15, -0.1) is 0 Å².